The van der Waals surface area contributed by atoms with Crippen molar-refractivity contribution in [3.8, 4) is 6.07 Å². The van der Waals surface area contributed by atoms with E-state index in [2.05, 4.69) is 15.3 Å². The highest BCUT2D eigenvalue weighted by Gasteiger charge is 2.34. The van der Waals surface area contributed by atoms with E-state index in [4.69, 9.17) is 5.26 Å². The SMILES string of the molecule is CN(Cc1cnccn1)C(=O)Nc1ccc(C#N)c(C(F)(F)F)c1. The van der Waals surface area contributed by atoms with Crippen molar-refractivity contribution in [2.24, 2.45) is 0 Å². The Balaban J connectivity index is 2.13. The number of hydrogen-bond donors (Lipinski definition) is 1. The van der Waals surface area contributed by atoms with Crippen LogP contribution in [-0.2, 0) is 12.7 Å². The van der Waals surface area contributed by atoms with Crippen LogP contribution >= 0.6 is 0 Å². The van der Waals surface area contributed by atoms with Gasteiger partial charge in [-0.15, -0.1) is 0 Å². The largest absolute Gasteiger partial charge is 0.417 e. The van der Waals surface area contributed by atoms with Crippen molar-refractivity contribution in [1.29, 1.82) is 5.26 Å². The van der Waals surface area contributed by atoms with E-state index in [1.54, 1.807) is 0 Å². The topological polar surface area (TPSA) is 81.9 Å². The minimum absolute atomic E-state index is 0.0580. The minimum atomic E-state index is -4.68. The Morgan fingerprint density at radius 2 is 2.12 bits per heavy atom. The van der Waals surface area contributed by atoms with Gasteiger partial charge in [-0.1, -0.05) is 0 Å². The molecule has 0 aliphatic heterocycles. The summed E-state index contributed by atoms with van der Waals surface area (Å²) in [5, 5.41) is 11.1. The van der Waals surface area contributed by atoms with E-state index in [0.717, 1.165) is 12.1 Å². The number of halogens is 3. The summed E-state index contributed by atoms with van der Waals surface area (Å²) < 4.78 is 38.7. The van der Waals surface area contributed by atoms with Gasteiger partial charge in [0.15, 0.2) is 0 Å². The molecule has 1 heterocycles. The number of carbonyl (C=O) groups is 1. The molecule has 0 radical (unpaired) electrons. The molecular weight excluding hydrogens is 323 g/mol. The number of urea groups is 1. The summed E-state index contributed by atoms with van der Waals surface area (Å²) in [5.74, 6) is 0. The van der Waals surface area contributed by atoms with Gasteiger partial charge < -0.3 is 10.2 Å². The van der Waals surface area contributed by atoms with Crippen molar-refractivity contribution in [3.05, 3.63) is 53.6 Å². The lowest BCUT2D eigenvalue weighted by Gasteiger charge is -2.18. The van der Waals surface area contributed by atoms with Gasteiger partial charge in [-0.3, -0.25) is 9.97 Å². The summed E-state index contributed by atoms with van der Waals surface area (Å²) >= 11 is 0. The Kier molecular flexibility index (Phi) is 4.99. The Bertz CT molecular complexity index is 771. The fourth-order valence-corrected chi connectivity index (χ4v) is 1.90. The first-order valence-corrected chi connectivity index (χ1v) is 6.69. The standard InChI is InChI=1S/C15H12F3N5O/c1-23(9-12-8-20-4-5-21-12)14(24)22-11-3-2-10(7-19)13(6-11)15(16,17)18/h2-6,8H,9H2,1H3,(H,22,24). The maximum Gasteiger partial charge on any atom is 0.417 e. The third kappa shape index (κ3) is 4.19. The molecular formula is C15H12F3N5O. The lowest BCUT2D eigenvalue weighted by Crippen LogP contribution is -2.31. The van der Waals surface area contributed by atoms with E-state index in [-0.39, 0.29) is 12.2 Å². The number of amides is 2. The minimum Gasteiger partial charge on any atom is -0.322 e. The van der Waals surface area contributed by atoms with Crippen LogP contribution in [0.15, 0.2) is 36.8 Å². The van der Waals surface area contributed by atoms with E-state index in [0.29, 0.717) is 5.69 Å². The van der Waals surface area contributed by atoms with Crippen LogP contribution in [0.25, 0.3) is 0 Å². The molecule has 1 aromatic carbocycles. The molecule has 2 amide bonds. The van der Waals surface area contributed by atoms with E-state index < -0.39 is 23.3 Å². The van der Waals surface area contributed by atoms with Crippen molar-refractivity contribution >= 4 is 11.7 Å². The molecule has 124 valence electrons. The Hall–Kier alpha value is -3.15. The van der Waals surface area contributed by atoms with Gasteiger partial charge in [0.05, 0.1) is 35.6 Å². The first kappa shape index (κ1) is 17.2. The summed E-state index contributed by atoms with van der Waals surface area (Å²) in [6.07, 6.45) is -0.249. The van der Waals surface area contributed by atoms with E-state index in [1.807, 2.05) is 0 Å². The predicted octanol–water partition coefficient (Wildman–Crippen LogP) is 3.03. The van der Waals surface area contributed by atoms with Crippen LogP contribution in [0.2, 0.25) is 0 Å². The number of aromatic nitrogens is 2. The van der Waals surface area contributed by atoms with E-state index in [1.165, 1.54) is 42.7 Å². The molecule has 1 N–H and O–H groups in total. The molecule has 0 unspecified atom stereocenters. The Labute approximate surface area is 135 Å². The average molecular weight is 335 g/mol. The molecule has 0 fully saturated rings. The molecule has 1 aromatic heterocycles. The van der Waals surface area contributed by atoms with Gasteiger partial charge in [0.1, 0.15) is 0 Å². The van der Waals surface area contributed by atoms with Gasteiger partial charge in [0, 0.05) is 25.1 Å². The third-order valence-corrected chi connectivity index (χ3v) is 3.06. The summed E-state index contributed by atoms with van der Waals surface area (Å²) in [6, 6.07) is 3.85. The highest BCUT2D eigenvalue weighted by Crippen LogP contribution is 2.33. The summed E-state index contributed by atoms with van der Waals surface area (Å²) in [7, 11) is 1.47. The zero-order valence-corrected chi connectivity index (χ0v) is 12.5. The highest BCUT2D eigenvalue weighted by atomic mass is 19.4. The van der Waals surface area contributed by atoms with E-state index >= 15 is 0 Å². The zero-order chi connectivity index (χ0) is 17.7. The first-order chi connectivity index (χ1) is 11.3. The molecule has 0 saturated heterocycles. The van der Waals surface area contributed by atoms with Crippen LogP contribution in [-0.4, -0.2) is 27.9 Å². The van der Waals surface area contributed by atoms with Crippen LogP contribution in [0, 0.1) is 11.3 Å². The van der Waals surface area contributed by atoms with Crippen LogP contribution in [0.4, 0.5) is 23.7 Å². The van der Waals surface area contributed by atoms with Gasteiger partial charge in [0.2, 0.25) is 0 Å². The number of hydrogen-bond acceptors (Lipinski definition) is 4. The van der Waals surface area contributed by atoms with Crippen LogP contribution in [0.1, 0.15) is 16.8 Å². The molecule has 0 atom stereocenters. The van der Waals surface area contributed by atoms with Crippen molar-refractivity contribution in [2.75, 3.05) is 12.4 Å². The summed E-state index contributed by atoms with van der Waals surface area (Å²) in [5.41, 5.74) is -1.13. The van der Waals surface area contributed by atoms with Gasteiger partial charge >= 0.3 is 12.2 Å². The van der Waals surface area contributed by atoms with Crippen LogP contribution in [0.5, 0.6) is 0 Å². The van der Waals surface area contributed by atoms with Crippen molar-refractivity contribution in [1.82, 2.24) is 14.9 Å². The maximum atomic E-state index is 12.9. The first-order valence-electron chi connectivity index (χ1n) is 6.69. The number of benzene rings is 1. The second-order valence-electron chi connectivity index (χ2n) is 4.85. The fourth-order valence-electron chi connectivity index (χ4n) is 1.90. The highest BCUT2D eigenvalue weighted by molar-refractivity contribution is 5.89. The smallest absolute Gasteiger partial charge is 0.322 e. The summed E-state index contributed by atoms with van der Waals surface area (Å²) in [6.45, 7) is 0.141. The monoisotopic (exact) mass is 335 g/mol. The number of carbonyl (C=O) groups excluding carboxylic acids is 1. The number of nitriles is 1. The molecule has 0 aliphatic carbocycles. The Morgan fingerprint density at radius 3 is 2.71 bits per heavy atom. The number of alkyl halides is 3. The predicted molar refractivity (Wildman–Crippen MR) is 78.7 cm³/mol. The summed E-state index contributed by atoms with van der Waals surface area (Å²) in [4.78, 5) is 21.2. The van der Waals surface area contributed by atoms with Crippen molar-refractivity contribution in [2.45, 2.75) is 12.7 Å². The molecule has 0 bridgehead atoms. The van der Waals surface area contributed by atoms with Crippen LogP contribution < -0.4 is 5.32 Å². The average Bonchev–Trinajstić information content (AvgIpc) is 2.55. The molecule has 24 heavy (non-hydrogen) atoms. The number of nitrogens with one attached hydrogen (secondary N) is 1. The molecule has 0 saturated carbocycles. The zero-order valence-electron chi connectivity index (χ0n) is 12.5. The second-order valence-corrected chi connectivity index (χ2v) is 4.85. The van der Waals surface area contributed by atoms with Crippen molar-refractivity contribution < 1.29 is 18.0 Å². The van der Waals surface area contributed by atoms with E-state index in [9.17, 15) is 18.0 Å². The Morgan fingerprint density at radius 1 is 1.38 bits per heavy atom. The molecule has 6 nitrogen and oxygen atoms in total. The lowest BCUT2D eigenvalue weighted by atomic mass is 10.1. The maximum absolute atomic E-state index is 12.9. The van der Waals surface area contributed by atoms with Gasteiger partial charge in [-0.2, -0.15) is 18.4 Å². The molecule has 0 aliphatic rings. The molecule has 9 heteroatoms. The van der Waals surface area contributed by atoms with Gasteiger partial charge in [0.25, 0.3) is 0 Å². The normalized spacial score (nSPS) is 10.8. The molecule has 0 spiro atoms. The van der Waals surface area contributed by atoms with Gasteiger partial charge in [-0.05, 0) is 18.2 Å². The number of rotatable bonds is 3. The third-order valence-electron chi connectivity index (χ3n) is 3.06. The second kappa shape index (κ2) is 6.95. The number of anilines is 1. The fraction of sp³-hybridized carbons (Fsp3) is 0.200. The molecule has 2 rings (SSSR count). The number of nitrogens with zero attached hydrogens (tertiary/aromatic N) is 4. The van der Waals surface area contributed by atoms with Crippen molar-refractivity contribution in [3.63, 3.8) is 0 Å². The molecule has 2 aromatic rings. The quantitative estimate of drug-likeness (QED) is 0.935. The van der Waals surface area contributed by atoms with Crippen LogP contribution in [0.3, 0.4) is 0 Å². The van der Waals surface area contributed by atoms with Gasteiger partial charge in [-0.25, -0.2) is 4.79 Å². The lowest BCUT2D eigenvalue weighted by molar-refractivity contribution is -0.137.